The molecule has 0 amide bonds. The van der Waals surface area contributed by atoms with Crippen LogP contribution >= 0.6 is 0 Å². The third kappa shape index (κ3) is 2.25. The van der Waals surface area contributed by atoms with Gasteiger partial charge in [-0.15, -0.1) is 3.89 Å². The van der Waals surface area contributed by atoms with Crippen LogP contribution in [-0.2, 0) is 10.2 Å². The lowest BCUT2D eigenvalue weighted by Gasteiger charge is -2.06. The molecule has 6 heteroatoms. The van der Waals surface area contributed by atoms with Gasteiger partial charge in [0, 0.05) is 0 Å². The molecule has 1 aromatic carbocycles. The zero-order valence-electron chi connectivity index (χ0n) is 7.17. The summed E-state index contributed by atoms with van der Waals surface area (Å²) in [6.07, 6.45) is 0. The average Bonchev–Trinajstić information content (AvgIpc) is 2.07. The zero-order chi connectivity index (χ0) is 10.9. The SMILES string of the molecule is CC(c1ccc(F)c(F)c1)S(=O)(=O)F. The molecule has 0 bridgehead atoms. The van der Waals surface area contributed by atoms with Crippen LogP contribution in [0.5, 0.6) is 0 Å². The third-order valence-corrected chi connectivity index (χ3v) is 2.95. The van der Waals surface area contributed by atoms with Gasteiger partial charge in [-0.25, -0.2) is 8.78 Å². The van der Waals surface area contributed by atoms with Crippen LogP contribution in [-0.4, -0.2) is 8.42 Å². The molecule has 0 radical (unpaired) electrons. The highest BCUT2D eigenvalue weighted by Gasteiger charge is 2.22. The van der Waals surface area contributed by atoms with Crippen molar-refractivity contribution < 1.29 is 21.1 Å². The van der Waals surface area contributed by atoms with Crippen molar-refractivity contribution in [3.8, 4) is 0 Å². The van der Waals surface area contributed by atoms with E-state index in [9.17, 15) is 21.1 Å². The minimum absolute atomic E-state index is 0.119. The number of rotatable bonds is 2. The lowest BCUT2D eigenvalue weighted by molar-refractivity contribution is 0.505. The molecule has 1 atom stereocenters. The average molecular weight is 224 g/mol. The summed E-state index contributed by atoms with van der Waals surface area (Å²) in [5.41, 5.74) is -0.119. The fourth-order valence-electron chi connectivity index (χ4n) is 0.928. The van der Waals surface area contributed by atoms with Crippen molar-refractivity contribution in [1.29, 1.82) is 0 Å². The Labute approximate surface area is 79.6 Å². The van der Waals surface area contributed by atoms with E-state index in [0.29, 0.717) is 6.07 Å². The molecular formula is C8H7F3O2S. The molecule has 0 fully saturated rings. The molecule has 0 N–H and O–H groups in total. The van der Waals surface area contributed by atoms with Crippen molar-refractivity contribution in [1.82, 2.24) is 0 Å². The number of hydrogen-bond donors (Lipinski definition) is 0. The van der Waals surface area contributed by atoms with Crippen molar-refractivity contribution in [3.05, 3.63) is 35.4 Å². The lowest BCUT2D eigenvalue weighted by Crippen LogP contribution is -2.04. The summed E-state index contributed by atoms with van der Waals surface area (Å²) in [5, 5.41) is -1.49. The third-order valence-electron chi connectivity index (χ3n) is 1.84. The highest BCUT2D eigenvalue weighted by Crippen LogP contribution is 2.24. The minimum Gasteiger partial charge on any atom is -0.204 e. The van der Waals surface area contributed by atoms with Crippen molar-refractivity contribution in [3.63, 3.8) is 0 Å². The Kier molecular flexibility index (Phi) is 2.84. The molecule has 2 nitrogen and oxygen atoms in total. The van der Waals surface area contributed by atoms with Gasteiger partial charge in [0.1, 0.15) is 5.25 Å². The van der Waals surface area contributed by atoms with E-state index in [0.717, 1.165) is 19.1 Å². The molecule has 78 valence electrons. The van der Waals surface area contributed by atoms with Gasteiger partial charge in [-0.05, 0) is 24.6 Å². The Balaban J connectivity index is 3.16. The van der Waals surface area contributed by atoms with Crippen LogP contribution in [0.1, 0.15) is 17.7 Å². The maximum Gasteiger partial charge on any atom is 0.309 e. The molecule has 14 heavy (non-hydrogen) atoms. The van der Waals surface area contributed by atoms with Crippen LogP contribution in [0.2, 0.25) is 0 Å². The van der Waals surface area contributed by atoms with E-state index in [2.05, 4.69) is 0 Å². The Bertz CT molecular complexity index is 442. The fourth-order valence-corrected chi connectivity index (χ4v) is 1.40. The van der Waals surface area contributed by atoms with Crippen LogP contribution in [0.25, 0.3) is 0 Å². The highest BCUT2D eigenvalue weighted by molar-refractivity contribution is 7.86. The molecule has 0 heterocycles. The summed E-state index contributed by atoms with van der Waals surface area (Å²) in [4.78, 5) is 0. The molecular weight excluding hydrogens is 217 g/mol. The van der Waals surface area contributed by atoms with Crippen molar-refractivity contribution in [2.24, 2.45) is 0 Å². The van der Waals surface area contributed by atoms with Crippen LogP contribution in [0, 0.1) is 11.6 Å². The Morgan fingerprint density at radius 2 is 1.79 bits per heavy atom. The number of halogens is 3. The Morgan fingerprint density at radius 3 is 2.21 bits per heavy atom. The molecule has 0 saturated heterocycles. The predicted molar refractivity (Wildman–Crippen MR) is 44.8 cm³/mol. The lowest BCUT2D eigenvalue weighted by atomic mass is 10.1. The Morgan fingerprint density at radius 1 is 1.21 bits per heavy atom. The summed E-state index contributed by atoms with van der Waals surface area (Å²) in [6.45, 7) is 1.06. The van der Waals surface area contributed by atoms with Gasteiger partial charge in [-0.2, -0.15) is 8.42 Å². The van der Waals surface area contributed by atoms with E-state index in [1.54, 1.807) is 0 Å². The molecule has 0 aliphatic rings. The number of hydrogen-bond acceptors (Lipinski definition) is 2. The largest absolute Gasteiger partial charge is 0.309 e. The van der Waals surface area contributed by atoms with Gasteiger partial charge < -0.3 is 0 Å². The Hall–Kier alpha value is -1.04. The molecule has 1 unspecified atom stereocenters. The maximum atomic E-state index is 12.6. The van der Waals surface area contributed by atoms with Gasteiger partial charge >= 0.3 is 10.2 Å². The first-order valence-electron chi connectivity index (χ1n) is 3.71. The molecule has 0 aliphatic carbocycles. The topological polar surface area (TPSA) is 34.1 Å². The van der Waals surface area contributed by atoms with Gasteiger partial charge in [-0.3, -0.25) is 0 Å². The molecule has 0 aliphatic heterocycles. The van der Waals surface area contributed by atoms with Crippen LogP contribution in [0.15, 0.2) is 18.2 Å². The molecule has 0 saturated carbocycles. The highest BCUT2D eigenvalue weighted by atomic mass is 32.3. The number of benzene rings is 1. The second kappa shape index (κ2) is 3.61. The van der Waals surface area contributed by atoms with E-state index >= 15 is 0 Å². The monoisotopic (exact) mass is 224 g/mol. The van der Waals surface area contributed by atoms with E-state index in [1.807, 2.05) is 0 Å². The predicted octanol–water partition coefficient (Wildman–Crippen LogP) is 2.33. The summed E-state index contributed by atoms with van der Waals surface area (Å²) in [7, 11) is -4.77. The first kappa shape index (κ1) is 11.0. The smallest absolute Gasteiger partial charge is 0.204 e. The summed E-state index contributed by atoms with van der Waals surface area (Å²) < 4.78 is 58.4. The van der Waals surface area contributed by atoms with E-state index in [4.69, 9.17) is 0 Å². The van der Waals surface area contributed by atoms with Crippen LogP contribution in [0.4, 0.5) is 12.7 Å². The van der Waals surface area contributed by atoms with Crippen LogP contribution < -0.4 is 0 Å². The van der Waals surface area contributed by atoms with Gasteiger partial charge in [0.25, 0.3) is 0 Å². The second-order valence-corrected chi connectivity index (χ2v) is 4.45. The van der Waals surface area contributed by atoms with Crippen LogP contribution in [0.3, 0.4) is 0 Å². The summed E-state index contributed by atoms with van der Waals surface area (Å²) in [5.74, 6) is -2.30. The summed E-state index contributed by atoms with van der Waals surface area (Å²) >= 11 is 0. The van der Waals surface area contributed by atoms with Gasteiger partial charge in [-0.1, -0.05) is 6.07 Å². The van der Waals surface area contributed by atoms with Gasteiger partial charge in [0.2, 0.25) is 0 Å². The standard InChI is InChI=1S/C8H7F3O2S/c1-5(14(11,12)13)6-2-3-7(9)8(10)4-6/h2-5H,1H3. The summed E-state index contributed by atoms with van der Waals surface area (Å²) in [6, 6.07) is 2.45. The first-order valence-corrected chi connectivity index (χ1v) is 5.15. The fraction of sp³-hybridized carbons (Fsp3) is 0.250. The second-order valence-electron chi connectivity index (χ2n) is 2.79. The van der Waals surface area contributed by atoms with Crippen molar-refractivity contribution in [2.45, 2.75) is 12.2 Å². The minimum atomic E-state index is -4.77. The van der Waals surface area contributed by atoms with E-state index < -0.39 is 27.1 Å². The quantitative estimate of drug-likeness (QED) is 0.722. The molecule has 0 aromatic heterocycles. The first-order chi connectivity index (χ1) is 6.32. The maximum absolute atomic E-state index is 12.6. The van der Waals surface area contributed by atoms with Crippen molar-refractivity contribution >= 4 is 10.2 Å². The molecule has 0 spiro atoms. The van der Waals surface area contributed by atoms with Gasteiger partial charge in [0.05, 0.1) is 0 Å². The normalized spacial score (nSPS) is 14.0. The van der Waals surface area contributed by atoms with Gasteiger partial charge in [0.15, 0.2) is 11.6 Å². The van der Waals surface area contributed by atoms with E-state index in [1.165, 1.54) is 0 Å². The molecule has 1 aromatic rings. The van der Waals surface area contributed by atoms with E-state index in [-0.39, 0.29) is 5.56 Å². The molecule has 1 rings (SSSR count). The zero-order valence-corrected chi connectivity index (χ0v) is 7.98. The van der Waals surface area contributed by atoms with Crippen molar-refractivity contribution in [2.75, 3.05) is 0 Å².